The van der Waals surface area contributed by atoms with Crippen LogP contribution in [0.15, 0.2) is 30.5 Å². The van der Waals surface area contributed by atoms with Gasteiger partial charge >= 0.3 is 0 Å². The largest absolute Gasteiger partial charge is 0.383 e. The van der Waals surface area contributed by atoms with Gasteiger partial charge in [0.15, 0.2) is 5.82 Å². The lowest BCUT2D eigenvalue weighted by Gasteiger charge is -2.03. The minimum absolute atomic E-state index is 0.530. The van der Waals surface area contributed by atoms with Crippen molar-refractivity contribution in [3.05, 3.63) is 39.6 Å². The van der Waals surface area contributed by atoms with Crippen LogP contribution in [0.2, 0.25) is 0 Å². The van der Waals surface area contributed by atoms with Gasteiger partial charge in [0.2, 0.25) is 0 Å². The monoisotopic (exact) mass is 311 g/mol. The molecule has 76 valence electrons. The van der Waals surface area contributed by atoms with Crippen molar-refractivity contribution in [3.8, 4) is 11.4 Å². The van der Waals surface area contributed by atoms with Crippen molar-refractivity contribution in [1.82, 2.24) is 9.97 Å². The number of benzene rings is 1. The van der Waals surface area contributed by atoms with Crippen molar-refractivity contribution in [3.63, 3.8) is 0 Å². The van der Waals surface area contributed by atoms with Crippen LogP contribution in [0.1, 0.15) is 5.56 Å². The Kier molecular flexibility index (Phi) is 2.86. The fourth-order valence-corrected chi connectivity index (χ4v) is 1.56. The summed E-state index contributed by atoms with van der Waals surface area (Å²) in [5, 5.41) is 0. The van der Waals surface area contributed by atoms with Crippen LogP contribution in [0.4, 0.5) is 5.82 Å². The molecule has 1 heterocycles. The SMILES string of the molecule is Cc1cccc(-c2ncc(I)c(N)n2)c1. The molecule has 0 saturated carbocycles. The van der Waals surface area contributed by atoms with Gasteiger partial charge in [0.25, 0.3) is 0 Å². The Morgan fingerprint density at radius 2 is 2.13 bits per heavy atom. The number of hydrogen-bond acceptors (Lipinski definition) is 3. The predicted molar refractivity (Wildman–Crippen MR) is 69.3 cm³/mol. The van der Waals surface area contributed by atoms with Gasteiger partial charge in [-0.2, -0.15) is 0 Å². The molecule has 2 aromatic rings. The van der Waals surface area contributed by atoms with Crippen molar-refractivity contribution in [1.29, 1.82) is 0 Å². The van der Waals surface area contributed by atoms with Crippen LogP contribution in [0.5, 0.6) is 0 Å². The maximum Gasteiger partial charge on any atom is 0.161 e. The summed E-state index contributed by atoms with van der Waals surface area (Å²) in [6.07, 6.45) is 1.74. The van der Waals surface area contributed by atoms with E-state index in [2.05, 4.69) is 32.6 Å². The van der Waals surface area contributed by atoms with Crippen LogP contribution in [-0.4, -0.2) is 9.97 Å². The van der Waals surface area contributed by atoms with Gasteiger partial charge in [-0.15, -0.1) is 0 Å². The van der Waals surface area contributed by atoms with Gasteiger partial charge in [-0.3, -0.25) is 0 Å². The van der Waals surface area contributed by atoms with Crippen LogP contribution in [0.3, 0.4) is 0 Å². The molecule has 15 heavy (non-hydrogen) atoms. The summed E-state index contributed by atoms with van der Waals surface area (Å²) < 4.78 is 0.879. The topological polar surface area (TPSA) is 51.8 Å². The van der Waals surface area contributed by atoms with E-state index in [-0.39, 0.29) is 0 Å². The van der Waals surface area contributed by atoms with E-state index in [0.29, 0.717) is 11.6 Å². The van der Waals surface area contributed by atoms with E-state index in [1.165, 1.54) is 5.56 Å². The third-order valence-corrected chi connectivity index (χ3v) is 2.88. The van der Waals surface area contributed by atoms with Gasteiger partial charge < -0.3 is 5.73 Å². The predicted octanol–water partition coefficient (Wildman–Crippen LogP) is 2.64. The standard InChI is InChI=1S/C11H10IN3/c1-7-3-2-4-8(5-7)11-14-6-9(12)10(13)15-11/h2-6H,1H3,(H2,13,14,15). The van der Waals surface area contributed by atoms with Gasteiger partial charge in [0, 0.05) is 11.8 Å². The molecule has 2 rings (SSSR count). The van der Waals surface area contributed by atoms with E-state index in [4.69, 9.17) is 5.73 Å². The number of nitrogens with two attached hydrogens (primary N) is 1. The molecular formula is C11H10IN3. The minimum Gasteiger partial charge on any atom is -0.383 e. The molecular weight excluding hydrogens is 301 g/mol. The second-order valence-corrected chi connectivity index (χ2v) is 4.46. The highest BCUT2D eigenvalue weighted by molar-refractivity contribution is 14.1. The Morgan fingerprint density at radius 3 is 2.80 bits per heavy atom. The van der Waals surface area contributed by atoms with Crippen molar-refractivity contribution < 1.29 is 0 Å². The highest BCUT2D eigenvalue weighted by Crippen LogP contribution is 2.19. The van der Waals surface area contributed by atoms with E-state index in [0.717, 1.165) is 9.13 Å². The molecule has 0 bridgehead atoms. The lowest BCUT2D eigenvalue weighted by molar-refractivity contribution is 1.17. The van der Waals surface area contributed by atoms with Gasteiger partial charge in [-0.25, -0.2) is 9.97 Å². The molecule has 0 aliphatic heterocycles. The molecule has 0 unspecified atom stereocenters. The van der Waals surface area contributed by atoms with Crippen molar-refractivity contribution >= 4 is 28.4 Å². The average molecular weight is 311 g/mol. The number of halogens is 1. The molecule has 0 fully saturated rings. The number of hydrogen-bond donors (Lipinski definition) is 1. The molecule has 4 heteroatoms. The van der Waals surface area contributed by atoms with Gasteiger partial charge in [0.05, 0.1) is 3.57 Å². The van der Waals surface area contributed by atoms with E-state index >= 15 is 0 Å². The first-order valence-electron chi connectivity index (χ1n) is 4.52. The molecule has 0 amide bonds. The number of nitrogen functional groups attached to an aromatic ring is 1. The Balaban J connectivity index is 2.50. The zero-order chi connectivity index (χ0) is 10.8. The lowest BCUT2D eigenvalue weighted by atomic mass is 10.1. The van der Waals surface area contributed by atoms with E-state index in [1.54, 1.807) is 6.20 Å². The molecule has 1 aromatic carbocycles. The quantitative estimate of drug-likeness (QED) is 0.824. The molecule has 0 saturated heterocycles. The summed E-state index contributed by atoms with van der Waals surface area (Å²) in [4.78, 5) is 8.50. The summed E-state index contributed by atoms with van der Waals surface area (Å²) in [5.41, 5.74) is 7.92. The summed E-state index contributed by atoms with van der Waals surface area (Å²) in [7, 11) is 0. The smallest absolute Gasteiger partial charge is 0.161 e. The van der Waals surface area contributed by atoms with Crippen LogP contribution in [-0.2, 0) is 0 Å². The van der Waals surface area contributed by atoms with E-state index in [9.17, 15) is 0 Å². The summed E-state index contributed by atoms with van der Waals surface area (Å²) in [6, 6.07) is 8.05. The summed E-state index contributed by atoms with van der Waals surface area (Å²) in [5.74, 6) is 1.21. The van der Waals surface area contributed by atoms with E-state index < -0.39 is 0 Å². The third-order valence-electron chi connectivity index (χ3n) is 2.05. The van der Waals surface area contributed by atoms with Crippen LogP contribution in [0, 0.1) is 10.5 Å². The molecule has 0 atom stereocenters. The Morgan fingerprint density at radius 1 is 1.33 bits per heavy atom. The Hall–Kier alpha value is -1.17. The Labute approximate surface area is 102 Å². The molecule has 3 nitrogen and oxygen atoms in total. The minimum atomic E-state index is 0.530. The second-order valence-electron chi connectivity index (χ2n) is 3.30. The summed E-state index contributed by atoms with van der Waals surface area (Å²) in [6.45, 7) is 2.04. The maximum atomic E-state index is 5.74. The molecule has 0 aliphatic carbocycles. The zero-order valence-electron chi connectivity index (χ0n) is 8.24. The fraction of sp³-hybridized carbons (Fsp3) is 0.0909. The van der Waals surface area contributed by atoms with Crippen LogP contribution >= 0.6 is 22.6 Å². The van der Waals surface area contributed by atoms with Crippen molar-refractivity contribution in [2.75, 3.05) is 5.73 Å². The first kappa shape index (κ1) is 10.4. The van der Waals surface area contributed by atoms with Crippen molar-refractivity contribution in [2.45, 2.75) is 6.92 Å². The molecule has 1 aromatic heterocycles. The first-order valence-corrected chi connectivity index (χ1v) is 5.60. The van der Waals surface area contributed by atoms with Crippen LogP contribution < -0.4 is 5.73 Å². The molecule has 0 spiro atoms. The van der Waals surface area contributed by atoms with Gasteiger partial charge in [0.1, 0.15) is 5.82 Å². The molecule has 2 N–H and O–H groups in total. The number of aryl methyl sites for hydroxylation is 1. The van der Waals surface area contributed by atoms with Gasteiger partial charge in [-0.05, 0) is 35.6 Å². The maximum absolute atomic E-state index is 5.74. The third kappa shape index (κ3) is 2.26. The van der Waals surface area contributed by atoms with Crippen LogP contribution in [0.25, 0.3) is 11.4 Å². The number of rotatable bonds is 1. The highest BCUT2D eigenvalue weighted by Gasteiger charge is 2.03. The molecule has 0 radical (unpaired) electrons. The second kappa shape index (κ2) is 4.14. The Bertz CT molecular complexity index is 497. The fourth-order valence-electron chi connectivity index (χ4n) is 1.30. The normalized spacial score (nSPS) is 10.3. The van der Waals surface area contributed by atoms with Gasteiger partial charge in [-0.1, -0.05) is 23.8 Å². The molecule has 0 aliphatic rings. The van der Waals surface area contributed by atoms with E-state index in [1.807, 2.05) is 31.2 Å². The highest BCUT2D eigenvalue weighted by atomic mass is 127. The zero-order valence-corrected chi connectivity index (χ0v) is 10.4. The van der Waals surface area contributed by atoms with Crippen molar-refractivity contribution in [2.24, 2.45) is 0 Å². The summed E-state index contributed by atoms with van der Waals surface area (Å²) >= 11 is 2.12. The average Bonchev–Trinajstić information content (AvgIpc) is 2.22. The number of nitrogens with zero attached hydrogens (tertiary/aromatic N) is 2. The lowest BCUT2D eigenvalue weighted by Crippen LogP contribution is -1.98. The number of aromatic nitrogens is 2. The first-order chi connectivity index (χ1) is 7.16. The number of anilines is 1.